The fourth-order valence-electron chi connectivity index (χ4n) is 3.75. The lowest BCUT2D eigenvalue weighted by molar-refractivity contribution is -0.113. The van der Waals surface area contributed by atoms with Crippen LogP contribution in [0, 0.1) is 0 Å². The van der Waals surface area contributed by atoms with Gasteiger partial charge in [0.25, 0.3) is 5.56 Å². The van der Waals surface area contributed by atoms with E-state index < -0.39 is 0 Å². The van der Waals surface area contributed by atoms with Crippen LogP contribution < -0.4 is 20.3 Å². The highest BCUT2D eigenvalue weighted by Gasteiger charge is 2.15. The number of para-hydroxylation sites is 2. The molecule has 4 aromatic carbocycles. The molecule has 0 saturated heterocycles. The minimum Gasteiger partial charge on any atom is -0.497 e. The first-order valence-corrected chi connectivity index (χ1v) is 12.5. The molecule has 0 radical (unpaired) electrons. The summed E-state index contributed by atoms with van der Waals surface area (Å²) in [4.78, 5) is 30.9. The van der Waals surface area contributed by atoms with Crippen LogP contribution in [0.4, 0.5) is 5.69 Å². The van der Waals surface area contributed by atoms with E-state index >= 15 is 0 Å². The number of amides is 1. The first-order chi connectivity index (χ1) is 18.1. The van der Waals surface area contributed by atoms with Crippen molar-refractivity contribution in [2.45, 2.75) is 5.16 Å². The summed E-state index contributed by atoms with van der Waals surface area (Å²) in [5.41, 5.74) is 1.61. The highest BCUT2D eigenvalue weighted by Crippen LogP contribution is 2.26. The van der Waals surface area contributed by atoms with Crippen molar-refractivity contribution < 1.29 is 14.3 Å². The van der Waals surface area contributed by atoms with Crippen LogP contribution >= 0.6 is 11.8 Å². The van der Waals surface area contributed by atoms with Gasteiger partial charge in [-0.25, -0.2) is 4.98 Å². The maximum atomic E-state index is 13.5. The third-order valence-corrected chi connectivity index (χ3v) is 6.44. The molecular weight excluding hydrogens is 486 g/mol. The van der Waals surface area contributed by atoms with Crippen molar-refractivity contribution in [2.24, 2.45) is 0 Å². The van der Waals surface area contributed by atoms with E-state index in [4.69, 9.17) is 14.5 Å². The van der Waals surface area contributed by atoms with Crippen LogP contribution in [0.25, 0.3) is 16.6 Å². The summed E-state index contributed by atoms with van der Waals surface area (Å²) in [6.07, 6.45) is 0. The van der Waals surface area contributed by atoms with E-state index in [1.807, 2.05) is 36.4 Å². The Morgan fingerprint density at radius 1 is 0.865 bits per heavy atom. The van der Waals surface area contributed by atoms with Gasteiger partial charge in [-0.1, -0.05) is 48.2 Å². The summed E-state index contributed by atoms with van der Waals surface area (Å²) in [7, 11) is 1.57. The fraction of sp³-hybridized carbons (Fsp3) is 0.0690. The predicted octanol–water partition coefficient (Wildman–Crippen LogP) is 5.92. The van der Waals surface area contributed by atoms with Gasteiger partial charge in [0.2, 0.25) is 5.91 Å². The van der Waals surface area contributed by atoms with Crippen molar-refractivity contribution in [3.63, 3.8) is 0 Å². The topological polar surface area (TPSA) is 82.5 Å². The largest absolute Gasteiger partial charge is 0.497 e. The number of hydrogen-bond donors (Lipinski definition) is 1. The number of carbonyl (C=O) groups excluding carboxylic acids is 1. The third-order valence-electron chi connectivity index (χ3n) is 5.50. The smallest absolute Gasteiger partial charge is 0.266 e. The molecule has 1 heterocycles. The Hall–Kier alpha value is -4.56. The Bertz CT molecular complexity index is 1600. The number of benzene rings is 4. The van der Waals surface area contributed by atoms with Crippen LogP contribution in [0.5, 0.6) is 17.2 Å². The van der Waals surface area contributed by atoms with Gasteiger partial charge in [0.05, 0.1) is 29.5 Å². The molecule has 37 heavy (non-hydrogen) atoms. The van der Waals surface area contributed by atoms with Crippen LogP contribution in [-0.4, -0.2) is 28.3 Å². The number of nitrogens with zero attached hydrogens (tertiary/aromatic N) is 2. The number of anilines is 1. The zero-order valence-corrected chi connectivity index (χ0v) is 20.8. The minimum atomic E-state index is -0.223. The van der Waals surface area contributed by atoms with Crippen LogP contribution in [0.15, 0.2) is 113 Å². The number of nitrogens with one attached hydrogen (secondary N) is 1. The van der Waals surface area contributed by atoms with Gasteiger partial charge in [-0.3, -0.25) is 14.2 Å². The summed E-state index contributed by atoms with van der Waals surface area (Å²) >= 11 is 1.19. The zero-order chi connectivity index (χ0) is 25.6. The number of methoxy groups -OCH3 is 1. The minimum absolute atomic E-state index is 0.0667. The number of aromatic nitrogens is 2. The van der Waals surface area contributed by atoms with Gasteiger partial charge in [-0.15, -0.1) is 0 Å². The Balaban J connectivity index is 1.42. The molecule has 1 aromatic heterocycles. The van der Waals surface area contributed by atoms with E-state index in [-0.39, 0.29) is 17.2 Å². The third kappa shape index (κ3) is 5.65. The molecule has 1 amide bonds. The van der Waals surface area contributed by atoms with Crippen LogP contribution in [0.2, 0.25) is 0 Å². The Labute approximate surface area is 217 Å². The molecule has 5 rings (SSSR count). The van der Waals surface area contributed by atoms with E-state index in [2.05, 4.69) is 5.32 Å². The summed E-state index contributed by atoms with van der Waals surface area (Å²) in [5, 5.41) is 3.77. The van der Waals surface area contributed by atoms with E-state index in [9.17, 15) is 9.59 Å². The zero-order valence-electron chi connectivity index (χ0n) is 20.0. The van der Waals surface area contributed by atoms with Crippen molar-refractivity contribution in [1.29, 1.82) is 0 Å². The Kier molecular flexibility index (Phi) is 7.19. The molecule has 0 spiro atoms. The van der Waals surface area contributed by atoms with Gasteiger partial charge in [-0.05, 0) is 60.7 Å². The second-order valence-electron chi connectivity index (χ2n) is 8.03. The molecule has 0 bridgehead atoms. The monoisotopic (exact) mass is 509 g/mol. The molecule has 0 atom stereocenters. The predicted molar refractivity (Wildman–Crippen MR) is 146 cm³/mol. The SMILES string of the molecule is COc1cccc(NC(=O)CSc2nc3ccccc3c(=O)n2-c2ccc(Oc3ccccc3)cc2)c1. The molecule has 7 nitrogen and oxygen atoms in total. The number of thioether (sulfide) groups is 1. The van der Waals surface area contributed by atoms with Crippen LogP contribution in [0.1, 0.15) is 0 Å². The highest BCUT2D eigenvalue weighted by atomic mass is 32.2. The van der Waals surface area contributed by atoms with Gasteiger partial charge >= 0.3 is 0 Å². The van der Waals surface area contributed by atoms with Crippen molar-refractivity contribution in [2.75, 3.05) is 18.2 Å². The molecule has 0 saturated carbocycles. The summed E-state index contributed by atoms with van der Waals surface area (Å²) in [5.74, 6) is 1.85. The molecule has 8 heteroatoms. The highest BCUT2D eigenvalue weighted by molar-refractivity contribution is 7.99. The van der Waals surface area contributed by atoms with Crippen LogP contribution in [-0.2, 0) is 4.79 Å². The molecule has 0 aliphatic carbocycles. The van der Waals surface area contributed by atoms with Gasteiger partial charge in [-0.2, -0.15) is 0 Å². The molecule has 0 aliphatic heterocycles. The molecule has 184 valence electrons. The van der Waals surface area contributed by atoms with Gasteiger partial charge in [0.1, 0.15) is 17.2 Å². The summed E-state index contributed by atoms with van der Waals surface area (Å²) in [6, 6.07) is 31.0. The number of rotatable bonds is 8. The van der Waals surface area contributed by atoms with E-state index in [1.54, 1.807) is 73.8 Å². The van der Waals surface area contributed by atoms with E-state index in [0.717, 1.165) is 5.75 Å². The maximum Gasteiger partial charge on any atom is 0.266 e. The normalized spacial score (nSPS) is 10.7. The number of ether oxygens (including phenoxy) is 2. The molecule has 5 aromatic rings. The molecular formula is C29H23N3O4S. The number of hydrogen-bond acceptors (Lipinski definition) is 6. The van der Waals surface area contributed by atoms with Crippen molar-refractivity contribution in [1.82, 2.24) is 9.55 Å². The molecule has 0 fully saturated rings. The molecule has 0 unspecified atom stereocenters. The number of fused-ring (bicyclic) bond motifs is 1. The van der Waals surface area contributed by atoms with Crippen molar-refractivity contribution in [3.05, 3.63) is 113 Å². The average Bonchev–Trinajstić information content (AvgIpc) is 2.93. The average molecular weight is 510 g/mol. The maximum absolute atomic E-state index is 13.5. The lowest BCUT2D eigenvalue weighted by Crippen LogP contribution is -2.23. The van der Waals surface area contributed by atoms with Crippen molar-refractivity contribution in [3.8, 4) is 22.9 Å². The quantitative estimate of drug-likeness (QED) is 0.207. The lowest BCUT2D eigenvalue weighted by Gasteiger charge is -2.14. The fourth-order valence-corrected chi connectivity index (χ4v) is 4.57. The van der Waals surface area contributed by atoms with Crippen molar-refractivity contribution >= 4 is 34.3 Å². The summed E-state index contributed by atoms with van der Waals surface area (Å²) in [6.45, 7) is 0. The second kappa shape index (κ2) is 11.0. The molecule has 0 aliphatic rings. The van der Waals surface area contributed by atoms with E-state index in [1.165, 1.54) is 16.3 Å². The number of carbonyl (C=O) groups is 1. The Morgan fingerprint density at radius 2 is 1.57 bits per heavy atom. The first kappa shape index (κ1) is 24.1. The molecule has 1 N–H and O–H groups in total. The van der Waals surface area contributed by atoms with Gasteiger partial charge in [0.15, 0.2) is 5.16 Å². The van der Waals surface area contributed by atoms with Gasteiger partial charge < -0.3 is 14.8 Å². The first-order valence-electron chi connectivity index (χ1n) is 11.5. The van der Waals surface area contributed by atoms with E-state index in [0.29, 0.717) is 38.9 Å². The van der Waals surface area contributed by atoms with Gasteiger partial charge in [0, 0.05) is 11.8 Å². The Morgan fingerprint density at radius 3 is 2.35 bits per heavy atom. The standard InChI is InChI=1S/C29H23N3O4S/c1-35-24-11-7-8-20(18-24)30-27(33)19-37-29-31-26-13-6-5-12-25(26)28(34)32(29)21-14-16-23(17-15-21)36-22-9-3-2-4-10-22/h2-18H,19H2,1H3,(H,30,33). The van der Waals surface area contributed by atoms with Crippen LogP contribution in [0.3, 0.4) is 0 Å². The summed E-state index contributed by atoms with van der Waals surface area (Å²) < 4.78 is 12.6. The second-order valence-corrected chi connectivity index (χ2v) is 8.97. The lowest BCUT2D eigenvalue weighted by atomic mass is 10.2.